The topological polar surface area (TPSA) is 101 Å². The standard InChI is InChI=1S/C13H14N2O4/c1-7-4-9(2-3-10(7)13(18)19)15-6-8(12(14)17)5-11(15)16/h2-4,8H,5-6H2,1H3,(H2,14,17)(H,18,19). The summed E-state index contributed by atoms with van der Waals surface area (Å²) in [6.07, 6.45) is 0.106. The molecule has 0 aromatic heterocycles. The molecule has 1 atom stereocenters. The summed E-state index contributed by atoms with van der Waals surface area (Å²) in [7, 11) is 0. The molecule has 2 rings (SSSR count). The molecule has 19 heavy (non-hydrogen) atoms. The lowest BCUT2D eigenvalue weighted by atomic mass is 10.1. The van der Waals surface area contributed by atoms with Gasteiger partial charge in [0.05, 0.1) is 11.5 Å². The molecule has 0 aliphatic carbocycles. The van der Waals surface area contributed by atoms with Crippen molar-refractivity contribution >= 4 is 23.5 Å². The Kier molecular flexibility index (Phi) is 3.25. The molecule has 0 bridgehead atoms. The van der Waals surface area contributed by atoms with Crippen molar-refractivity contribution in [3.63, 3.8) is 0 Å². The highest BCUT2D eigenvalue weighted by molar-refractivity contribution is 6.00. The molecule has 1 saturated heterocycles. The predicted molar refractivity (Wildman–Crippen MR) is 67.8 cm³/mol. The van der Waals surface area contributed by atoms with Gasteiger partial charge in [0.15, 0.2) is 0 Å². The van der Waals surface area contributed by atoms with E-state index in [4.69, 9.17) is 10.8 Å². The lowest BCUT2D eigenvalue weighted by Crippen LogP contribution is -2.28. The lowest BCUT2D eigenvalue weighted by molar-refractivity contribution is -0.123. The summed E-state index contributed by atoms with van der Waals surface area (Å²) >= 11 is 0. The molecule has 1 aliphatic heterocycles. The Bertz CT molecular complexity index is 568. The van der Waals surface area contributed by atoms with E-state index in [2.05, 4.69) is 0 Å². The second-order valence-electron chi connectivity index (χ2n) is 4.61. The Labute approximate surface area is 109 Å². The van der Waals surface area contributed by atoms with Crippen LogP contribution in [0.3, 0.4) is 0 Å². The van der Waals surface area contributed by atoms with Crippen LogP contribution in [0.15, 0.2) is 18.2 Å². The van der Waals surface area contributed by atoms with Crippen LogP contribution in [0.4, 0.5) is 5.69 Å². The van der Waals surface area contributed by atoms with Crippen molar-refractivity contribution in [2.45, 2.75) is 13.3 Å². The maximum Gasteiger partial charge on any atom is 0.335 e. The van der Waals surface area contributed by atoms with Crippen LogP contribution in [0.25, 0.3) is 0 Å². The van der Waals surface area contributed by atoms with Crippen LogP contribution in [0, 0.1) is 12.8 Å². The van der Waals surface area contributed by atoms with Gasteiger partial charge < -0.3 is 15.7 Å². The zero-order valence-electron chi connectivity index (χ0n) is 10.4. The van der Waals surface area contributed by atoms with Gasteiger partial charge >= 0.3 is 5.97 Å². The maximum atomic E-state index is 11.8. The largest absolute Gasteiger partial charge is 0.478 e. The van der Waals surface area contributed by atoms with E-state index in [1.807, 2.05) is 0 Å². The Morgan fingerprint density at radius 3 is 2.58 bits per heavy atom. The summed E-state index contributed by atoms with van der Waals surface area (Å²) in [6, 6.07) is 4.65. The summed E-state index contributed by atoms with van der Waals surface area (Å²) in [5.74, 6) is -2.15. The zero-order valence-corrected chi connectivity index (χ0v) is 10.4. The molecule has 0 saturated carbocycles. The quantitative estimate of drug-likeness (QED) is 0.829. The highest BCUT2D eigenvalue weighted by Crippen LogP contribution is 2.26. The van der Waals surface area contributed by atoms with E-state index in [1.54, 1.807) is 19.1 Å². The van der Waals surface area contributed by atoms with Crippen LogP contribution in [-0.4, -0.2) is 29.4 Å². The minimum Gasteiger partial charge on any atom is -0.478 e. The van der Waals surface area contributed by atoms with Crippen molar-refractivity contribution < 1.29 is 19.5 Å². The molecule has 6 nitrogen and oxygen atoms in total. The Morgan fingerprint density at radius 1 is 1.42 bits per heavy atom. The summed E-state index contributed by atoms with van der Waals surface area (Å²) < 4.78 is 0. The molecular formula is C13H14N2O4. The first-order chi connectivity index (χ1) is 8.90. The number of nitrogens with two attached hydrogens (primary N) is 1. The van der Waals surface area contributed by atoms with E-state index < -0.39 is 17.8 Å². The number of anilines is 1. The van der Waals surface area contributed by atoms with Gasteiger partial charge in [0.2, 0.25) is 11.8 Å². The molecule has 3 N–H and O–H groups in total. The molecule has 6 heteroatoms. The smallest absolute Gasteiger partial charge is 0.335 e. The van der Waals surface area contributed by atoms with Gasteiger partial charge in [0.1, 0.15) is 0 Å². The average Bonchev–Trinajstić information content (AvgIpc) is 2.71. The van der Waals surface area contributed by atoms with Crippen molar-refractivity contribution in [3.8, 4) is 0 Å². The first-order valence-electron chi connectivity index (χ1n) is 5.83. The number of carbonyl (C=O) groups excluding carboxylic acids is 2. The molecule has 1 aliphatic rings. The number of carboxylic acids is 1. The normalized spacial score (nSPS) is 18.7. The highest BCUT2D eigenvalue weighted by Gasteiger charge is 2.34. The molecule has 2 amide bonds. The van der Waals surface area contributed by atoms with Gasteiger partial charge in [-0.15, -0.1) is 0 Å². The van der Waals surface area contributed by atoms with Crippen molar-refractivity contribution in [1.82, 2.24) is 0 Å². The summed E-state index contributed by atoms with van der Waals surface area (Å²) in [5.41, 5.74) is 6.56. The first-order valence-corrected chi connectivity index (χ1v) is 5.83. The van der Waals surface area contributed by atoms with Gasteiger partial charge in [-0.05, 0) is 30.7 Å². The van der Waals surface area contributed by atoms with Crippen molar-refractivity contribution in [2.24, 2.45) is 11.7 Å². The van der Waals surface area contributed by atoms with Gasteiger partial charge in [0, 0.05) is 18.7 Å². The minimum absolute atomic E-state index is 0.106. The van der Waals surface area contributed by atoms with E-state index in [0.717, 1.165) is 0 Å². The summed E-state index contributed by atoms with van der Waals surface area (Å²) in [4.78, 5) is 35.3. The number of aromatic carboxylic acids is 1. The van der Waals surface area contributed by atoms with E-state index in [0.29, 0.717) is 11.3 Å². The van der Waals surface area contributed by atoms with E-state index in [9.17, 15) is 14.4 Å². The predicted octanol–water partition coefficient (Wildman–Crippen LogP) is 0.531. The fourth-order valence-electron chi connectivity index (χ4n) is 2.20. The first kappa shape index (κ1) is 13.1. The number of carbonyl (C=O) groups is 3. The van der Waals surface area contributed by atoms with E-state index in [-0.39, 0.29) is 24.4 Å². The van der Waals surface area contributed by atoms with Crippen molar-refractivity contribution in [2.75, 3.05) is 11.4 Å². The Balaban J connectivity index is 2.28. The van der Waals surface area contributed by atoms with Crippen LogP contribution in [-0.2, 0) is 9.59 Å². The third-order valence-electron chi connectivity index (χ3n) is 3.28. The Morgan fingerprint density at radius 2 is 2.11 bits per heavy atom. The number of benzene rings is 1. The van der Waals surface area contributed by atoms with Crippen LogP contribution < -0.4 is 10.6 Å². The second-order valence-corrected chi connectivity index (χ2v) is 4.61. The van der Waals surface area contributed by atoms with Crippen LogP contribution in [0.1, 0.15) is 22.3 Å². The van der Waals surface area contributed by atoms with Crippen LogP contribution in [0.2, 0.25) is 0 Å². The van der Waals surface area contributed by atoms with Crippen molar-refractivity contribution in [1.29, 1.82) is 0 Å². The number of rotatable bonds is 3. The number of aryl methyl sites for hydroxylation is 1. The van der Waals surface area contributed by atoms with Gasteiger partial charge in [0.25, 0.3) is 0 Å². The number of hydrogen-bond donors (Lipinski definition) is 2. The van der Waals surface area contributed by atoms with Crippen LogP contribution in [0.5, 0.6) is 0 Å². The number of amides is 2. The highest BCUT2D eigenvalue weighted by atomic mass is 16.4. The molecular weight excluding hydrogens is 248 g/mol. The monoisotopic (exact) mass is 262 g/mol. The number of carboxylic acid groups (broad SMARTS) is 1. The number of hydrogen-bond acceptors (Lipinski definition) is 3. The second kappa shape index (κ2) is 4.72. The molecule has 100 valence electrons. The molecule has 0 radical (unpaired) electrons. The summed E-state index contributed by atoms with van der Waals surface area (Å²) in [5, 5.41) is 8.95. The zero-order chi connectivity index (χ0) is 14.2. The fourth-order valence-corrected chi connectivity index (χ4v) is 2.20. The van der Waals surface area contributed by atoms with Gasteiger partial charge in [-0.2, -0.15) is 0 Å². The molecule has 1 fully saturated rings. The molecule has 1 unspecified atom stereocenters. The number of nitrogens with zero attached hydrogens (tertiary/aromatic N) is 1. The third-order valence-corrected chi connectivity index (χ3v) is 3.28. The van der Waals surface area contributed by atoms with Crippen LogP contribution >= 0.6 is 0 Å². The fraction of sp³-hybridized carbons (Fsp3) is 0.308. The minimum atomic E-state index is -1.01. The molecule has 1 heterocycles. The third kappa shape index (κ3) is 2.42. The van der Waals surface area contributed by atoms with Crippen molar-refractivity contribution in [3.05, 3.63) is 29.3 Å². The average molecular weight is 262 g/mol. The number of primary amides is 1. The Hall–Kier alpha value is -2.37. The van der Waals surface area contributed by atoms with E-state index >= 15 is 0 Å². The van der Waals surface area contributed by atoms with Gasteiger partial charge in [-0.25, -0.2) is 4.79 Å². The van der Waals surface area contributed by atoms with Gasteiger partial charge in [-0.3, -0.25) is 9.59 Å². The molecule has 1 aromatic carbocycles. The van der Waals surface area contributed by atoms with Gasteiger partial charge in [-0.1, -0.05) is 0 Å². The maximum absolute atomic E-state index is 11.8. The SMILES string of the molecule is Cc1cc(N2CC(C(N)=O)CC2=O)ccc1C(=O)O. The summed E-state index contributed by atoms with van der Waals surface area (Å²) in [6.45, 7) is 1.92. The lowest BCUT2D eigenvalue weighted by Gasteiger charge is -2.17. The van der Waals surface area contributed by atoms with E-state index in [1.165, 1.54) is 11.0 Å². The molecule has 0 spiro atoms. The molecule has 1 aromatic rings.